The van der Waals surface area contributed by atoms with Crippen LogP contribution >= 0.6 is 0 Å². The second-order valence-electron chi connectivity index (χ2n) is 6.22. The number of nitrogens with one attached hydrogen (secondary N) is 1. The van der Waals surface area contributed by atoms with Crippen molar-refractivity contribution in [2.24, 2.45) is 0 Å². The highest BCUT2D eigenvalue weighted by Gasteiger charge is 2.14. The van der Waals surface area contributed by atoms with Gasteiger partial charge in [0.05, 0.1) is 23.6 Å². The molecule has 27 heavy (non-hydrogen) atoms. The number of fused-ring (bicyclic) bond motifs is 1. The highest BCUT2D eigenvalue weighted by molar-refractivity contribution is 7.86. The molecule has 0 aliphatic carbocycles. The minimum atomic E-state index is -3.72. The van der Waals surface area contributed by atoms with E-state index in [9.17, 15) is 13.2 Å². The Morgan fingerprint density at radius 3 is 2.41 bits per heavy atom. The second-order valence-corrected chi connectivity index (χ2v) is 7.83. The largest absolute Gasteiger partial charge is 0.494 e. The lowest BCUT2D eigenvalue weighted by molar-refractivity contribution is 0.269. The zero-order valence-corrected chi connectivity index (χ0v) is 15.8. The molecule has 1 heterocycles. The van der Waals surface area contributed by atoms with Crippen LogP contribution in [0.2, 0.25) is 0 Å². The van der Waals surface area contributed by atoms with E-state index in [1.54, 1.807) is 24.3 Å². The van der Waals surface area contributed by atoms with Gasteiger partial charge in [-0.3, -0.25) is 8.98 Å². The fraction of sp³-hybridized carbons (Fsp3) is 0.250. The van der Waals surface area contributed by atoms with Gasteiger partial charge in [0.2, 0.25) is 5.56 Å². The molecule has 0 unspecified atom stereocenters. The third-order valence-corrected chi connectivity index (χ3v) is 5.38. The van der Waals surface area contributed by atoms with Gasteiger partial charge in [-0.1, -0.05) is 17.7 Å². The molecule has 0 fully saturated rings. The molecule has 142 valence electrons. The molecule has 0 aliphatic heterocycles. The van der Waals surface area contributed by atoms with Gasteiger partial charge < -0.3 is 9.72 Å². The molecular formula is C20H21NO5S. The van der Waals surface area contributed by atoms with Crippen LogP contribution in [0.15, 0.2) is 64.3 Å². The Bertz CT molecular complexity index is 1070. The van der Waals surface area contributed by atoms with E-state index in [4.69, 9.17) is 8.92 Å². The maximum atomic E-state index is 12.1. The number of unbranched alkanes of at least 4 members (excludes halogenated alkanes) is 1. The van der Waals surface area contributed by atoms with Crippen molar-refractivity contribution in [3.05, 3.63) is 70.5 Å². The van der Waals surface area contributed by atoms with Gasteiger partial charge in [0.15, 0.2) is 0 Å². The molecule has 0 spiro atoms. The van der Waals surface area contributed by atoms with E-state index in [1.165, 1.54) is 18.2 Å². The molecule has 3 rings (SSSR count). The van der Waals surface area contributed by atoms with Crippen LogP contribution in [0.3, 0.4) is 0 Å². The van der Waals surface area contributed by atoms with Crippen LogP contribution in [-0.2, 0) is 14.3 Å². The van der Waals surface area contributed by atoms with E-state index >= 15 is 0 Å². The monoisotopic (exact) mass is 387 g/mol. The molecule has 0 radical (unpaired) electrons. The number of benzene rings is 2. The van der Waals surface area contributed by atoms with Crippen molar-refractivity contribution in [3.63, 3.8) is 0 Å². The van der Waals surface area contributed by atoms with Crippen molar-refractivity contribution < 1.29 is 17.3 Å². The van der Waals surface area contributed by atoms with E-state index in [0.717, 1.165) is 10.9 Å². The molecule has 0 saturated heterocycles. The number of hydrogen-bond acceptors (Lipinski definition) is 5. The minimum Gasteiger partial charge on any atom is -0.494 e. The summed E-state index contributed by atoms with van der Waals surface area (Å²) in [4.78, 5) is 14.3. The van der Waals surface area contributed by atoms with E-state index < -0.39 is 10.1 Å². The molecule has 7 heteroatoms. The van der Waals surface area contributed by atoms with Crippen molar-refractivity contribution in [2.75, 3.05) is 13.2 Å². The summed E-state index contributed by atoms with van der Waals surface area (Å²) in [5.41, 5.74) is 1.54. The molecule has 6 nitrogen and oxygen atoms in total. The van der Waals surface area contributed by atoms with Gasteiger partial charge in [0.1, 0.15) is 5.75 Å². The van der Waals surface area contributed by atoms with Gasteiger partial charge in [-0.05, 0) is 55.5 Å². The average Bonchev–Trinajstić information content (AvgIpc) is 2.64. The molecule has 0 amide bonds. The van der Waals surface area contributed by atoms with Gasteiger partial charge >= 0.3 is 0 Å². The number of aromatic nitrogens is 1. The number of hydrogen-bond donors (Lipinski definition) is 1. The van der Waals surface area contributed by atoms with Crippen molar-refractivity contribution in [1.82, 2.24) is 4.98 Å². The Balaban J connectivity index is 1.44. The molecule has 2 aromatic carbocycles. The highest BCUT2D eigenvalue weighted by Crippen LogP contribution is 2.18. The van der Waals surface area contributed by atoms with Crippen LogP contribution in [0, 0.1) is 6.92 Å². The summed E-state index contributed by atoms with van der Waals surface area (Å²) in [6.07, 6.45) is 1.20. The molecule has 0 bridgehead atoms. The third kappa shape index (κ3) is 5.18. The summed E-state index contributed by atoms with van der Waals surface area (Å²) >= 11 is 0. The van der Waals surface area contributed by atoms with Crippen molar-refractivity contribution >= 4 is 21.0 Å². The fourth-order valence-corrected chi connectivity index (χ4v) is 3.50. The Morgan fingerprint density at radius 2 is 1.63 bits per heavy atom. The topological polar surface area (TPSA) is 85.5 Å². The Hall–Kier alpha value is -2.64. The normalized spacial score (nSPS) is 11.6. The summed E-state index contributed by atoms with van der Waals surface area (Å²) < 4.78 is 34.8. The van der Waals surface area contributed by atoms with Crippen LogP contribution in [0.4, 0.5) is 0 Å². The number of aryl methyl sites for hydroxylation is 1. The molecule has 1 N–H and O–H groups in total. The zero-order valence-electron chi connectivity index (χ0n) is 15.0. The van der Waals surface area contributed by atoms with Crippen LogP contribution in [-0.4, -0.2) is 26.6 Å². The maximum Gasteiger partial charge on any atom is 0.296 e. The average molecular weight is 387 g/mol. The fourth-order valence-electron chi connectivity index (χ4n) is 2.55. The lowest BCUT2D eigenvalue weighted by Gasteiger charge is -2.08. The van der Waals surface area contributed by atoms with Crippen LogP contribution < -0.4 is 10.3 Å². The van der Waals surface area contributed by atoms with Crippen LogP contribution in [0.5, 0.6) is 5.75 Å². The smallest absolute Gasteiger partial charge is 0.296 e. The lowest BCUT2D eigenvalue weighted by atomic mass is 10.2. The molecule has 1 aromatic heterocycles. The quantitative estimate of drug-likeness (QED) is 0.473. The van der Waals surface area contributed by atoms with Gasteiger partial charge in [-0.15, -0.1) is 0 Å². The van der Waals surface area contributed by atoms with Crippen molar-refractivity contribution in [1.29, 1.82) is 0 Å². The molecular weight excluding hydrogens is 366 g/mol. The summed E-state index contributed by atoms with van der Waals surface area (Å²) in [5.74, 6) is 0.651. The first kappa shape index (κ1) is 19.1. The summed E-state index contributed by atoms with van der Waals surface area (Å²) in [6.45, 7) is 2.42. The summed E-state index contributed by atoms with van der Waals surface area (Å²) in [7, 11) is -3.72. The van der Waals surface area contributed by atoms with Gasteiger partial charge in [0, 0.05) is 12.1 Å². The Labute approximate surface area is 157 Å². The summed E-state index contributed by atoms with van der Waals surface area (Å²) in [6, 6.07) is 15.3. The van der Waals surface area contributed by atoms with E-state index in [1.807, 2.05) is 19.1 Å². The SMILES string of the molecule is Cc1ccc(S(=O)(=O)OCCCCOc2ccc3ccc(=O)[nH]c3c2)cc1. The van der Waals surface area contributed by atoms with Gasteiger partial charge in [0.25, 0.3) is 10.1 Å². The van der Waals surface area contributed by atoms with Crippen molar-refractivity contribution in [2.45, 2.75) is 24.7 Å². The first-order valence-electron chi connectivity index (χ1n) is 8.66. The van der Waals surface area contributed by atoms with Gasteiger partial charge in [-0.25, -0.2) is 0 Å². The van der Waals surface area contributed by atoms with Crippen LogP contribution in [0.25, 0.3) is 10.9 Å². The standard InChI is InChI=1S/C20H21NO5S/c1-15-4-9-18(10-5-15)27(23,24)26-13-3-2-12-25-17-8-6-16-7-11-20(22)21-19(16)14-17/h4-11,14H,2-3,12-13H2,1H3,(H,21,22). The molecule has 3 aromatic rings. The van der Waals surface area contributed by atoms with E-state index in [-0.39, 0.29) is 17.1 Å². The lowest BCUT2D eigenvalue weighted by Crippen LogP contribution is -2.08. The van der Waals surface area contributed by atoms with Crippen LogP contribution in [0.1, 0.15) is 18.4 Å². The first-order chi connectivity index (χ1) is 12.9. The Kier molecular flexibility index (Phi) is 5.93. The first-order valence-corrected chi connectivity index (χ1v) is 10.1. The zero-order chi connectivity index (χ0) is 19.3. The number of pyridine rings is 1. The number of H-pyrrole nitrogens is 1. The van der Waals surface area contributed by atoms with E-state index in [0.29, 0.717) is 30.7 Å². The molecule has 0 saturated carbocycles. The second kappa shape index (κ2) is 8.37. The minimum absolute atomic E-state index is 0.102. The molecule has 0 aliphatic rings. The van der Waals surface area contributed by atoms with Crippen molar-refractivity contribution in [3.8, 4) is 5.75 Å². The van der Waals surface area contributed by atoms with Gasteiger partial charge in [-0.2, -0.15) is 8.42 Å². The third-order valence-electron chi connectivity index (χ3n) is 4.05. The number of ether oxygens (including phenoxy) is 1. The predicted molar refractivity (Wildman–Crippen MR) is 104 cm³/mol. The number of aromatic amines is 1. The Morgan fingerprint density at radius 1 is 0.926 bits per heavy atom. The summed E-state index contributed by atoms with van der Waals surface area (Å²) in [5, 5.41) is 0.927. The number of rotatable bonds is 8. The van der Waals surface area contributed by atoms with E-state index in [2.05, 4.69) is 4.98 Å². The predicted octanol–water partition coefficient (Wildman–Crippen LogP) is 3.40. The highest BCUT2D eigenvalue weighted by atomic mass is 32.2. The molecule has 0 atom stereocenters. The maximum absolute atomic E-state index is 12.1.